The smallest absolute Gasteiger partial charge is 0.289 e. The van der Waals surface area contributed by atoms with Crippen molar-refractivity contribution < 1.29 is 9.21 Å². The Bertz CT molecular complexity index is 371. The van der Waals surface area contributed by atoms with Gasteiger partial charge in [-0.25, -0.2) is 0 Å². The lowest BCUT2D eigenvalue weighted by atomic mass is 10.1. The van der Waals surface area contributed by atoms with E-state index in [1.54, 1.807) is 0 Å². The van der Waals surface area contributed by atoms with Gasteiger partial charge in [0.2, 0.25) is 0 Å². The maximum atomic E-state index is 12.2. The zero-order valence-electron chi connectivity index (χ0n) is 10.6. The summed E-state index contributed by atoms with van der Waals surface area (Å²) in [4.78, 5) is 14.1. The van der Waals surface area contributed by atoms with Gasteiger partial charge in [-0.05, 0) is 18.1 Å². The molecule has 2 rings (SSSR count). The SMILES string of the molecule is CCc1cc(C(=O)N2CCNCC2)oc1CC. The molecule has 2 heterocycles. The number of furan rings is 1. The topological polar surface area (TPSA) is 45.5 Å². The van der Waals surface area contributed by atoms with Crippen molar-refractivity contribution >= 4 is 5.91 Å². The second-order valence-corrected chi connectivity index (χ2v) is 4.31. The monoisotopic (exact) mass is 236 g/mol. The third kappa shape index (κ3) is 2.52. The van der Waals surface area contributed by atoms with E-state index in [0.717, 1.165) is 50.3 Å². The van der Waals surface area contributed by atoms with Gasteiger partial charge in [0.25, 0.3) is 5.91 Å². The number of amides is 1. The summed E-state index contributed by atoms with van der Waals surface area (Å²) in [6, 6.07) is 1.91. The molecule has 1 fully saturated rings. The number of nitrogens with one attached hydrogen (secondary N) is 1. The van der Waals surface area contributed by atoms with E-state index < -0.39 is 0 Å². The first-order valence-electron chi connectivity index (χ1n) is 6.37. The van der Waals surface area contributed by atoms with Gasteiger partial charge in [0.1, 0.15) is 5.76 Å². The molecule has 4 nitrogen and oxygen atoms in total. The van der Waals surface area contributed by atoms with Crippen LogP contribution in [0.3, 0.4) is 0 Å². The summed E-state index contributed by atoms with van der Waals surface area (Å²) in [5.74, 6) is 1.48. The van der Waals surface area contributed by atoms with Crippen LogP contribution in [0.15, 0.2) is 10.5 Å². The van der Waals surface area contributed by atoms with Crippen LogP contribution >= 0.6 is 0 Å². The Labute approximate surface area is 102 Å². The van der Waals surface area contributed by atoms with E-state index in [2.05, 4.69) is 19.2 Å². The lowest BCUT2D eigenvalue weighted by molar-refractivity contribution is 0.0702. The Kier molecular flexibility index (Phi) is 3.84. The molecule has 0 unspecified atom stereocenters. The van der Waals surface area contributed by atoms with E-state index in [0.29, 0.717) is 5.76 Å². The van der Waals surface area contributed by atoms with Gasteiger partial charge in [0.05, 0.1) is 0 Å². The molecule has 1 aliphatic heterocycles. The zero-order valence-corrected chi connectivity index (χ0v) is 10.6. The second kappa shape index (κ2) is 5.36. The molecule has 1 aliphatic rings. The first-order chi connectivity index (χ1) is 8.26. The van der Waals surface area contributed by atoms with Crippen LogP contribution in [0.2, 0.25) is 0 Å². The molecule has 1 saturated heterocycles. The Morgan fingerprint density at radius 3 is 2.59 bits per heavy atom. The predicted molar refractivity (Wildman–Crippen MR) is 66.2 cm³/mol. The quantitative estimate of drug-likeness (QED) is 0.864. The summed E-state index contributed by atoms with van der Waals surface area (Å²) in [5.41, 5.74) is 1.16. The van der Waals surface area contributed by atoms with Crippen molar-refractivity contribution in [2.45, 2.75) is 26.7 Å². The van der Waals surface area contributed by atoms with Gasteiger partial charge in [-0.2, -0.15) is 0 Å². The minimum absolute atomic E-state index is 0.0286. The van der Waals surface area contributed by atoms with E-state index in [1.807, 2.05) is 11.0 Å². The highest BCUT2D eigenvalue weighted by Gasteiger charge is 2.22. The van der Waals surface area contributed by atoms with E-state index in [9.17, 15) is 4.79 Å². The molecule has 94 valence electrons. The van der Waals surface area contributed by atoms with Crippen molar-refractivity contribution in [1.82, 2.24) is 10.2 Å². The Morgan fingerprint density at radius 1 is 1.35 bits per heavy atom. The van der Waals surface area contributed by atoms with Crippen molar-refractivity contribution in [3.05, 3.63) is 23.2 Å². The summed E-state index contributed by atoms with van der Waals surface area (Å²) >= 11 is 0. The Balaban J connectivity index is 2.15. The minimum atomic E-state index is 0.0286. The molecule has 0 spiro atoms. The standard InChI is InChI=1S/C13H20N2O2/c1-3-10-9-12(17-11(10)4-2)13(16)15-7-5-14-6-8-15/h9,14H,3-8H2,1-2H3. The van der Waals surface area contributed by atoms with Crippen LogP contribution in [-0.4, -0.2) is 37.0 Å². The molecular weight excluding hydrogens is 216 g/mol. The highest BCUT2D eigenvalue weighted by Crippen LogP contribution is 2.18. The molecule has 0 radical (unpaired) electrons. The van der Waals surface area contributed by atoms with Crippen molar-refractivity contribution in [2.24, 2.45) is 0 Å². The fourth-order valence-corrected chi connectivity index (χ4v) is 2.19. The molecule has 1 aromatic heterocycles. The lowest BCUT2D eigenvalue weighted by Crippen LogP contribution is -2.46. The van der Waals surface area contributed by atoms with Crippen LogP contribution < -0.4 is 5.32 Å². The molecule has 1 amide bonds. The van der Waals surface area contributed by atoms with Gasteiger partial charge in [-0.3, -0.25) is 4.79 Å². The number of aryl methyl sites for hydroxylation is 2. The lowest BCUT2D eigenvalue weighted by Gasteiger charge is -2.26. The number of rotatable bonds is 3. The summed E-state index contributed by atoms with van der Waals surface area (Å²) in [5, 5.41) is 3.24. The van der Waals surface area contributed by atoms with Crippen LogP contribution in [0.5, 0.6) is 0 Å². The molecule has 17 heavy (non-hydrogen) atoms. The first kappa shape index (κ1) is 12.2. The number of hydrogen-bond acceptors (Lipinski definition) is 3. The molecule has 0 bridgehead atoms. The average molecular weight is 236 g/mol. The highest BCUT2D eigenvalue weighted by molar-refractivity contribution is 5.91. The number of nitrogens with zero attached hydrogens (tertiary/aromatic N) is 1. The van der Waals surface area contributed by atoms with Gasteiger partial charge in [-0.1, -0.05) is 13.8 Å². The summed E-state index contributed by atoms with van der Waals surface area (Å²) in [7, 11) is 0. The zero-order chi connectivity index (χ0) is 12.3. The van der Waals surface area contributed by atoms with Crippen LogP contribution in [0.1, 0.15) is 35.7 Å². The minimum Gasteiger partial charge on any atom is -0.456 e. The first-order valence-corrected chi connectivity index (χ1v) is 6.37. The van der Waals surface area contributed by atoms with Gasteiger partial charge < -0.3 is 14.6 Å². The van der Waals surface area contributed by atoms with Crippen molar-refractivity contribution in [3.63, 3.8) is 0 Å². The van der Waals surface area contributed by atoms with E-state index in [-0.39, 0.29) is 5.91 Å². The highest BCUT2D eigenvalue weighted by atomic mass is 16.4. The van der Waals surface area contributed by atoms with Crippen molar-refractivity contribution in [2.75, 3.05) is 26.2 Å². The maximum absolute atomic E-state index is 12.2. The third-order valence-electron chi connectivity index (χ3n) is 3.21. The molecule has 1 aromatic rings. The number of carbonyl (C=O) groups is 1. The Morgan fingerprint density at radius 2 is 2.06 bits per heavy atom. The molecule has 4 heteroatoms. The third-order valence-corrected chi connectivity index (χ3v) is 3.21. The van der Waals surface area contributed by atoms with Crippen LogP contribution in [0.25, 0.3) is 0 Å². The summed E-state index contributed by atoms with van der Waals surface area (Å²) in [6.07, 6.45) is 1.76. The normalized spacial score (nSPS) is 16.2. The predicted octanol–water partition coefficient (Wildman–Crippen LogP) is 1.45. The van der Waals surface area contributed by atoms with E-state index in [4.69, 9.17) is 4.42 Å². The Hall–Kier alpha value is -1.29. The number of piperazine rings is 1. The molecule has 0 atom stereocenters. The largest absolute Gasteiger partial charge is 0.456 e. The average Bonchev–Trinajstić information content (AvgIpc) is 2.82. The molecule has 0 saturated carbocycles. The fourth-order valence-electron chi connectivity index (χ4n) is 2.19. The van der Waals surface area contributed by atoms with Crippen LogP contribution in [0.4, 0.5) is 0 Å². The maximum Gasteiger partial charge on any atom is 0.289 e. The molecule has 0 aromatic carbocycles. The van der Waals surface area contributed by atoms with Crippen LogP contribution in [-0.2, 0) is 12.8 Å². The molecule has 1 N–H and O–H groups in total. The fraction of sp³-hybridized carbons (Fsp3) is 0.615. The van der Waals surface area contributed by atoms with Crippen molar-refractivity contribution in [1.29, 1.82) is 0 Å². The van der Waals surface area contributed by atoms with Gasteiger partial charge in [-0.15, -0.1) is 0 Å². The molecular formula is C13H20N2O2. The van der Waals surface area contributed by atoms with Gasteiger partial charge in [0.15, 0.2) is 5.76 Å². The van der Waals surface area contributed by atoms with Crippen LogP contribution in [0, 0.1) is 0 Å². The van der Waals surface area contributed by atoms with Gasteiger partial charge in [0, 0.05) is 32.6 Å². The number of carbonyl (C=O) groups excluding carboxylic acids is 1. The van der Waals surface area contributed by atoms with E-state index >= 15 is 0 Å². The molecule has 0 aliphatic carbocycles. The second-order valence-electron chi connectivity index (χ2n) is 4.31. The van der Waals surface area contributed by atoms with Gasteiger partial charge >= 0.3 is 0 Å². The summed E-state index contributed by atoms with van der Waals surface area (Å²) in [6.45, 7) is 7.41. The van der Waals surface area contributed by atoms with E-state index in [1.165, 1.54) is 0 Å². The number of hydrogen-bond donors (Lipinski definition) is 1. The summed E-state index contributed by atoms with van der Waals surface area (Å²) < 4.78 is 5.66. The van der Waals surface area contributed by atoms with Crippen molar-refractivity contribution in [3.8, 4) is 0 Å².